The summed E-state index contributed by atoms with van der Waals surface area (Å²) in [5, 5.41) is 14.9. The van der Waals surface area contributed by atoms with E-state index in [9.17, 15) is 9.90 Å². The van der Waals surface area contributed by atoms with Crippen LogP contribution in [0.25, 0.3) is 16.8 Å². The summed E-state index contributed by atoms with van der Waals surface area (Å²) >= 11 is 12.3. The maximum atomic E-state index is 11.6. The molecular weight excluding hydrogens is 441 g/mol. The van der Waals surface area contributed by atoms with Crippen molar-refractivity contribution in [3.8, 4) is 22.7 Å². The minimum Gasteiger partial charge on any atom is -0.477 e. The molecule has 0 amide bonds. The van der Waals surface area contributed by atoms with Gasteiger partial charge in [0.05, 0.1) is 25.1 Å². The SMILES string of the molecule is O=C(O)c1cnn(-c2ccc(-c3ccc(Cl)cc3Cl)cc2)c1OCCN1CCOCC1. The normalized spacial score (nSPS) is 14.5. The van der Waals surface area contributed by atoms with Crippen molar-refractivity contribution >= 4 is 29.2 Å². The van der Waals surface area contributed by atoms with Gasteiger partial charge in [-0.1, -0.05) is 41.4 Å². The monoisotopic (exact) mass is 461 g/mol. The van der Waals surface area contributed by atoms with Gasteiger partial charge in [-0.05, 0) is 29.8 Å². The van der Waals surface area contributed by atoms with Gasteiger partial charge in [-0.25, -0.2) is 9.48 Å². The number of morpholine rings is 1. The van der Waals surface area contributed by atoms with E-state index in [1.165, 1.54) is 10.9 Å². The van der Waals surface area contributed by atoms with Crippen LogP contribution in [0, 0.1) is 0 Å². The van der Waals surface area contributed by atoms with Gasteiger partial charge in [0, 0.05) is 35.2 Å². The number of halogens is 2. The van der Waals surface area contributed by atoms with Crippen molar-refractivity contribution in [1.29, 1.82) is 0 Å². The Bertz CT molecular complexity index is 1060. The van der Waals surface area contributed by atoms with Crippen LogP contribution >= 0.6 is 23.2 Å². The third-order valence-corrected chi connectivity index (χ3v) is 5.61. The highest BCUT2D eigenvalue weighted by Gasteiger charge is 2.20. The first-order valence-corrected chi connectivity index (χ1v) is 10.6. The molecular formula is C22H21Cl2N3O4. The largest absolute Gasteiger partial charge is 0.477 e. The lowest BCUT2D eigenvalue weighted by atomic mass is 10.1. The number of carboxylic acids is 1. The van der Waals surface area contributed by atoms with Crippen molar-refractivity contribution in [3.63, 3.8) is 0 Å². The highest BCUT2D eigenvalue weighted by atomic mass is 35.5. The third kappa shape index (κ3) is 5.02. The summed E-state index contributed by atoms with van der Waals surface area (Å²) in [4.78, 5) is 13.9. The molecule has 7 nitrogen and oxygen atoms in total. The summed E-state index contributed by atoms with van der Waals surface area (Å²) in [5.41, 5.74) is 2.46. The molecule has 0 saturated carbocycles. The molecule has 1 aliphatic heterocycles. The Kier molecular flexibility index (Phi) is 6.77. The molecule has 1 saturated heterocycles. The minimum atomic E-state index is -1.09. The number of nitrogens with zero attached hydrogens (tertiary/aromatic N) is 3. The molecule has 2 aromatic carbocycles. The molecule has 1 aromatic heterocycles. The van der Waals surface area contributed by atoms with Gasteiger partial charge in [0.1, 0.15) is 12.2 Å². The fourth-order valence-electron chi connectivity index (χ4n) is 3.41. The lowest BCUT2D eigenvalue weighted by Gasteiger charge is -2.26. The standard InChI is InChI=1S/C22H21Cl2N3O4/c23-16-3-6-18(20(24)13-16)15-1-4-17(5-2-15)27-21(19(14-25-27)22(28)29)31-12-9-26-7-10-30-11-8-26/h1-6,13-14H,7-12H2,(H,28,29). The number of ether oxygens (including phenoxy) is 2. The third-order valence-electron chi connectivity index (χ3n) is 5.06. The van der Waals surface area contributed by atoms with Crippen molar-refractivity contribution in [2.75, 3.05) is 39.5 Å². The Morgan fingerprint density at radius 3 is 2.55 bits per heavy atom. The molecule has 4 rings (SSSR count). The van der Waals surface area contributed by atoms with E-state index in [0.717, 1.165) is 24.2 Å². The average Bonchev–Trinajstić information content (AvgIpc) is 3.19. The fourth-order valence-corrected chi connectivity index (χ4v) is 3.93. The number of carbonyl (C=O) groups is 1. The summed E-state index contributed by atoms with van der Waals surface area (Å²) in [6.07, 6.45) is 1.30. The van der Waals surface area contributed by atoms with Gasteiger partial charge in [0.15, 0.2) is 0 Å². The van der Waals surface area contributed by atoms with Crippen LogP contribution in [0.2, 0.25) is 10.0 Å². The topological polar surface area (TPSA) is 76.8 Å². The van der Waals surface area contributed by atoms with Gasteiger partial charge in [-0.2, -0.15) is 5.10 Å². The molecule has 0 radical (unpaired) electrons. The quantitative estimate of drug-likeness (QED) is 0.566. The summed E-state index contributed by atoms with van der Waals surface area (Å²) < 4.78 is 12.7. The molecule has 2 heterocycles. The van der Waals surface area contributed by atoms with Crippen molar-refractivity contribution in [3.05, 3.63) is 64.3 Å². The van der Waals surface area contributed by atoms with Gasteiger partial charge in [-0.15, -0.1) is 0 Å². The van der Waals surface area contributed by atoms with Gasteiger partial charge < -0.3 is 14.6 Å². The fraction of sp³-hybridized carbons (Fsp3) is 0.273. The Labute approximate surface area is 189 Å². The number of rotatable bonds is 7. The van der Waals surface area contributed by atoms with E-state index in [1.807, 2.05) is 30.3 Å². The van der Waals surface area contributed by atoms with Crippen LogP contribution in [0.15, 0.2) is 48.7 Å². The molecule has 0 unspecified atom stereocenters. The summed E-state index contributed by atoms with van der Waals surface area (Å²) in [6.45, 7) is 4.10. The van der Waals surface area contributed by atoms with Crippen LogP contribution in [-0.4, -0.2) is 65.2 Å². The van der Waals surface area contributed by atoms with Crippen LogP contribution in [0.5, 0.6) is 5.88 Å². The van der Waals surface area contributed by atoms with E-state index in [1.54, 1.807) is 12.1 Å². The van der Waals surface area contributed by atoms with Crippen molar-refractivity contribution in [2.45, 2.75) is 0 Å². The van der Waals surface area contributed by atoms with Gasteiger partial charge in [-0.3, -0.25) is 4.90 Å². The van der Waals surface area contributed by atoms with Crippen LogP contribution in [0.4, 0.5) is 0 Å². The zero-order valence-electron chi connectivity index (χ0n) is 16.6. The Morgan fingerprint density at radius 1 is 1.13 bits per heavy atom. The van der Waals surface area contributed by atoms with E-state index < -0.39 is 5.97 Å². The second kappa shape index (κ2) is 9.70. The second-order valence-corrected chi connectivity index (χ2v) is 7.90. The first-order chi connectivity index (χ1) is 15.0. The van der Waals surface area contributed by atoms with Gasteiger partial charge in [0.2, 0.25) is 5.88 Å². The first-order valence-electron chi connectivity index (χ1n) is 9.83. The molecule has 0 spiro atoms. The average molecular weight is 462 g/mol. The van der Waals surface area contributed by atoms with Crippen LogP contribution < -0.4 is 4.74 Å². The van der Waals surface area contributed by atoms with Crippen LogP contribution in [-0.2, 0) is 4.74 Å². The smallest absolute Gasteiger partial charge is 0.342 e. The molecule has 3 aromatic rings. The van der Waals surface area contributed by atoms with Crippen molar-refractivity contribution in [2.24, 2.45) is 0 Å². The van der Waals surface area contributed by atoms with Gasteiger partial charge >= 0.3 is 5.97 Å². The van der Waals surface area contributed by atoms with E-state index in [2.05, 4.69) is 10.00 Å². The highest BCUT2D eigenvalue weighted by molar-refractivity contribution is 6.36. The Balaban J connectivity index is 1.55. The molecule has 1 aliphatic rings. The molecule has 1 fully saturated rings. The van der Waals surface area contributed by atoms with Crippen LogP contribution in [0.3, 0.4) is 0 Å². The lowest BCUT2D eigenvalue weighted by molar-refractivity contribution is 0.0317. The number of hydrogen-bond donors (Lipinski definition) is 1. The molecule has 0 aliphatic carbocycles. The number of carboxylic acid groups (broad SMARTS) is 1. The van der Waals surface area contributed by atoms with Crippen molar-refractivity contribution < 1.29 is 19.4 Å². The maximum Gasteiger partial charge on any atom is 0.342 e. The van der Waals surface area contributed by atoms with E-state index in [-0.39, 0.29) is 11.4 Å². The zero-order valence-corrected chi connectivity index (χ0v) is 18.1. The van der Waals surface area contributed by atoms with E-state index >= 15 is 0 Å². The number of aromatic carboxylic acids is 1. The molecule has 1 N–H and O–H groups in total. The second-order valence-electron chi connectivity index (χ2n) is 7.05. The molecule has 0 atom stereocenters. The Hall–Kier alpha value is -2.58. The van der Waals surface area contributed by atoms with Gasteiger partial charge in [0.25, 0.3) is 0 Å². The molecule has 9 heteroatoms. The summed E-state index contributed by atoms with van der Waals surface area (Å²) in [5.74, 6) is -0.879. The van der Waals surface area contributed by atoms with E-state index in [0.29, 0.717) is 42.1 Å². The lowest BCUT2D eigenvalue weighted by Crippen LogP contribution is -2.38. The van der Waals surface area contributed by atoms with E-state index in [4.69, 9.17) is 32.7 Å². The van der Waals surface area contributed by atoms with Crippen LogP contribution in [0.1, 0.15) is 10.4 Å². The summed E-state index contributed by atoms with van der Waals surface area (Å²) in [6, 6.07) is 12.8. The van der Waals surface area contributed by atoms with Crippen molar-refractivity contribution in [1.82, 2.24) is 14.7 Å². The molecule has 31 heavy (non-hydrogen) atoms. The number of hydrogen-bond acceptors (Lipinski definition) is 5. The molecule has 0 bridgehead atoms. The maximum absolute atomic E-state index is 11.6. The summed E-state index contributed by atoms with van der Waals surface area (Å²) in [7, 11) is 0. The number of benzene rings is 2. The minimum absolute atomic E-state index is 0.0202. The Morgan fingerprint density at radius 2 is 1.87 bits per heavy atom. The zero-order chi connectivity index (χ0) is 21.8. The number of aromatic nitrogens is 2. The molecule has 162 valence electrons. The predicted molar refractivity (Wildman–Crippen MR) is 119 cm³/mol. The predicted octanol–water partition coefficient (Wildman–Crippen LogP) is 4.26. The highest BCUT2D eigenvalue weighted by Crippen LogP contribution is 2.31. The first kappa shape index (κ1) is 21.6.